The lowest BCUT2D eigenvalue weighted by Crippen LogP contribution is -2.51. The summed E-state index contributed by atoms with van der Waals surface area (Å²) in [6.45, 7) is 7.18. The van der Waals surface area contributed by atoms with E-state index in [4.69, 9.17) is 4.52 Å². The van der Waals surface area contributed by atoms with Crippen LogP contribution in [0, 0.1) is 6.92 Å². The van der Waals surface area contributed by atoms with Crippen molar-refractivity contribution in [2.24, 2.45) is 0 Å². The molecule has 0 bridgehead atoms. The van der Waals surface area contributed by atoms with Crippen molar-refractivity contribution < 1.29 is 14.1 Å². The van der Waals surface area contributed by atoms with Gasteiger partial charge in [0.05, 0.1) is 6.54 Å². The highest BCUT2D eigenvalue weighted by Crippen LogP contribution is 2.26. The maximum atomic E-state index is 13.0. The van der Waals surface area contributed by atoms with Crippen molar-refractivity contribution in [2.75, 3.05) is 39.3 Å². The van der Waals surface area contributed by atoms with Gasteiger partial charge in [-0.25, -0.2) is 0 Å². The molecule has 138 valence electrons. The van der Waals surface area contributed by atoms with E-state index in [9.17, 15) is 9.59 Å². The van der Waals surface area contributed by atoms with Crippen LogP contribution in [0.15, 0.2) is 34.9 Å². The molecule has 1 N–H and O–H groups in total. The second kappa shape index (κ2) is 8.14. The number of nitrogens with zero attached hydrogens (tertiary/aromatic N) is 3. The molecule has 0 saturated carbocycles. The number of carbonyl (C=O) groups excluding carboxylic acids is 2. The predicted octanol–water partition coefficient (Wildman–Crippen LogP) is 1.54. The number of rotatable bonds is 5. The standard InChI is InChI=1S/C19H24N4O3/c1-3-20-16(24)13-22-9-11-23(12-10-22)19(25)17-14(2)26-21-18(17)15-7-5-4-6-8-15/h4-8H,3,9-13H2,1-2H3,(H,20,24). The fourth-order valence-corrected chi connectivity index (χ4v) is 3.14. The van der Waals surface area contributed by atoms with E-state index < -0.39 is 0 Å². The molecule has 7 heteroatoms. The van der Waals surface area contributed by atoms with Gasteiger partial charge in [-0.3, -0.25) is 14.5 Å². The molecule has 2 heterocycles. The van der Waals surface area contributed by atoms with E-state index in [1.54, 1.807) is 11.8 Å². The van der Waals surface area contributed by atoms with Crippen LogP contribution in [0.25, 0.3) is 11.3 Å². The molecular formula is C19H24N4O3. The molecule has 0 spiro atoms. The number of likely N-dealkylation sites (N-methyl/N-ethyl adjacent to an activating group) is 1. The molecule has 1 aliphatic rings. The third kappa shape index (κ3) is 3.94. The summed E-state index contributed by atoms with van der Waals surface area (Å²) in [6, 6.07) is 9.57. The molecule has 3 rings (SSSR count). The summed E-state index contributed by atoms with van der Waals surface area (Å²) in [5.74, 6) is 0.479. The highest BCUT2D eigenvalue weighted by Gasteiger charge is 2.28. The lowest BCUT2D eigenvalue weighted by Gasteiger charge is -2.34. The summed E-state index contributed by atoms with van der Waals surface area (Å²) < 4.78 is 5.30. The predicted molar refractivity (Wildman–Crippen MR) is 97.7 cm³/mol. The third-order valence-corrected chi connectivity index (χ3v) is 4.52. The van der Waals surface area contributed by atoms with Crippen LogP contribution >= 0.6 is 0 Å². The lowest BCUT2D eigenvalue weighted by molar-refractivity contribution is -0.122. The monoisotopic (exact) mass is 356 g/mol. The summed E-state index contributed by atoms with van der Waals surface area (Å²) in [4.78, 5) is 28.6. The second-order valence-electron chi connectivity index (χ2n) is 6.35. The zero-order valence-corrected chi connectivity index (χ0v) is 15.2. The van der Waals surface area contributed by atoms with Crippen LogP contribution in [0.5, 0.6) is 0 Å². The summed E-state index contributed by atoms with van der Waals surface area (Å²) in [5.41, 5.74) is 1.97. The third-order valence-electron chi connectivity index (χ3n) is 4.52. The summed E-state index contributed by atoms with van der Waals surface area (Å²) in [6.07, 6.45) is 0. The van der Waals surface area contributed by atoms with Crippen molar-refractivity contribution in [1.82, 2.24) is 20.3 Å². The van der Waals surface area contributed by atoms with Gasteiger partial charge in [0.1, 0.15) is 17.0 Å². The Kier molecular flexibility index (Phi) is 5.68. The fourth-order valence-electron chi connectivity index (χ4n) is 3.14. The number of nitrogens with one attached hydrogen (secondary N) is 1. The molecular weight excluding hydrogens is 332 g/mol. The Morgan fingerprint density at radius 3 is 2.50 bits per heavy atom. The molecule has 1 aliphatic heterocycles. The van der Waals surface area contributed by atoms with Crippen molar-refractivity contribution in [1.29, 1.82) is 0 Å². The summed E-state index contributed by atoms with van der Waals surface area (Å²) in [7, 11) is 0. The number of benzene rings is 1. The van der Waals surface area contributed by atoms with Crippen molar-refractivity contribution in [3.8, 4) is 11.3 Å². The molecule has 26 heavy (non-hydrogen) atoms. The Balaban J connectivity index is 1.68. The Labute approximate surface area is 152 Å². The topological polar surface area (TPSA) is 78.7 Å². The number of hydrogen-bond donors (Lipinski definition) is 1. The van der Waals surface area contributed by atoms with Crippen molar-refractivity contribution in [3.05, 3.63) is 41.7 Å². The average Bonchev–Trinajstić information content (AvgIpc) is 3.04. The van der Waals surface area contributed by atoms with Gasteiger partial charge in [0, 0.05) is 38.3 Å². The van der Waals surface area contributed by atoms with Crippen LogP contribution in [0.4, 0.5) is 0 Å². The van der Waals surface area contributed by atoms with Crippen LogP contribution in [-0.2, 0) is 4.79 Å². The van der Waals surface area contributed by atoms with Crippen LogP contribution in [0.1, 0.15) is 23.0 Å². The highest BCUT2D eigenvalue weighted by molar-refractivity contribution is 6.00. The molecule has 2 aromatic rings. The zero-order valence-electron chi connectivity index (χ0n) is 15.2. The average molecular weight is 356 g/mol. The van der Waals surface area contributed by atoms with Gasteiger partial charge in [0.25, 0.3) is 5.91 Å². The first kappa shape index (κ1) is 18.1. The van der Waals surface area contributed by atoms with Gasteiger partial charge >= 0.3 is 0 Å². The van der Waals surface area contributed by atoms with E-state index >= 15 is 0 Å². The van der Waals surface area contributed by atoms with Crippen LogP contribution < -0.4 is 5.32 Å². The smallest absolute Gasteiger partial charge is 0.259 e. The summed E-state index contributed by atoms with van der Waals surface area (Å²) >= 11 is 0. The van der Waals surface area contributed by atoms with Crippen LogP contribution in [-0.4, -0.2) is 66.0 Å². The molecule has 1 aromatic carbocycles. The first-order chi connectivity index (χ1) is 12.6. The number of hydrogen-bond acceptors (Lipinski definition) is 5. The largest absolute Gasteiger partial charge is 0.360 e. The normalized spacial score (nSPS) is 15.1. The quantitative estimate of drug-likeness (QED) is 0.879. The Bertz CT molecular complexity index is 764. The van der Waals surface area contributed by atoms with Gasteiger partial charge in [-0.05, 0) is 13.8 Å². The Morgan fingerprint density at radius 2 is 1.85 bits per heavy atom. The number of aryl methyl sites for hydroxylation is 1. The van der Waals surface area contributed by atoms with E-state index in [1.807, 2.05) is 37.3 Å². The van der Waals surface area contributed by atoms with Crippen LogP contribution in [0.2, 0.25) is 0 Å². The molecule has 7 nitrogen and oxygen atoms in total. The van der Waals surface area contributed by atoms with Crippen molar-refractivity contribution in [3.63, 3.8) is 0 Å². The van der Waals surface area contributed by atoms with Crippen LogP contribution in [0.3, 0.4) is 0 Å². The molecule has 0 atom stereocenters. The van der Waals surface area contributed by atoms with E-state index in [0.29, 0.717) is 56.3 Å². The van der Waals surface area contributed by atoms with Gasteiger partial charge in [-0.15, -0.1) is 0 Å². The fraction of sp³-hybridized carbons (Fsp3) is 0.421. The van der Waals surface area contributed by atoms with E-state index in [1.165, 1.54) is 0 Å². The highest BCUT2D eigenvalue weighted by atomic mass is 16.5. The molecule has 1 fully saturated rings. The van der Waals surface area contributed by atoms with Gasteiger partial charge in [0.15, 0.2) is 0 Å². The number of amides is 2. The maximum Gasteiger partial charge on any atom is 0.259 e. The van der Waals surface area contributed by atoms with Crippen molar-refractivity contribution in [2.45, 2.75) is 13.8 Å². The molecule has 2 amide bonds. The molecule has 1 aromatic heterocycles. The van der Waals surface area contributed by atoms with Gasteiger partial charge < -0.3 is 14.7 Å². The minimum atomic E-state index is -0.0692. The minimum absolute atomic E-state index is 0.0218. The van der Waals surface area contributed by atoms with Gasteiger partial charge in [-0.1, -0.05) is 35.5 Å². The van der Waals surface area contributed by atoms with E-state index in [-0.39, 0.29) is 11.8 Å². The maximum absolute atomic E-state index is 13.0. The number of piperazine rings is 1. The zero-order chi connectivity index (χ0) is 18.5. The molecule has 0 aliphatic carbocycles. The molecule has 0 unspecified atom stereocenters. The number of carbonyl (C=O) groups is 2. The van der Waals surface area contributed by atoms with Gasteiger partial charge in [0.2, 0.25) is 5.91 Å². The second-order valence-corrected chi connectivity index (χ2v) is 6.35. The SMILES string of the molecule is CCNC(=O)CN1CCN(C(=O)c2c(-c3ccccc3)noc2C)CC1. The van der Waals surface area contributed by atoms with E-state index in [2.05, 4.69) is 15.4 Å². The Hall–Kier alpha value is -2.67. The summed E-state index contributed by atoms with van der Waals surface area (Å²) in [5, 5.41) is 6.89. The van der Waals surface area contributed by atoms with Crippen molar-refractivity contribution >= 4 is 11.8 Å². The Morgan fingerprint density at radius 1 is 1.15 bits per heavy atom. The molecule has 0 radical (unpaired) electrons. The minimum Gasteiger partial charge on any atom is -0.360 e. The number of aromatic nitrogens is 1. The first-order valence-corrected chi connectivity index (χ1v) is 8.90. The van der Waals surface area contributed by atoms with Gasteiger partial charge in [-0.2, -0.15) is 0 Å². The first-order valence-electron chi connectivity index (χ1n) is 8.90. The van der Waals surface area contributed by atoms with E-state index in [0.717, 1.165) is 5.56 Å². The molecule has 1 saturated heterocycles. The lowest BCUT2D eigenvalue weighted by atomic mass is 10.0.